The van der Waals surface area contributed by atoms with Gasteiger partial charge in [-0.1, -0.05) is 62.3 Å². The van der Waals surface area contributed by atoms with Crippen molar-refractivity contribution in [2.45, 2.75) is 79.6 Å². The first kappa shape index (κ1) is 20.5. The van der Waals surface area contributed by atoms with Crippen LogP contribution in [0, 0.1) is 0 Å². The van der Waals surface area contributed by atoms with Crippen LogP contribution in [0.2, 0.25) is 0 Å². The first-order chi connectivity index (χ1) is 9.96. The summed E-state index contributed by atoms with van der Waals surface area (Å²) in [5, 5.41) is 10.5. The minimum Gasteiger partial charge on any atom is -0.507 e. The van der Waals surface area contributed by atoms with Gasteiger partial charge < -0.3 is 9.84 Å². The van der Waals surface area contributed by atoms with Gasteiger partial charge in [-0.2, -0.15) is 0 Å². The number of phenolic OH excluding ortho intramolecular Hbond substituents is 1. The minimum atomic E-state index is -0.268. The Morgan fingerprint density at radius 2 is 1.36 bits per heavy atom. The molecule has 0 saturated heterocycles. The van der Waals surface area contributed by atoms with E-state index in [4.69, 9.17) is 4.74 Å². The third kappa shape index (κ3) is 5.36. The predicted molar refractivity (Wildman–Crippen MR) is 92.8 cm³/mol. The third-order valence-corrected chi connectivity index (χ3v) is 3.22. The van der Waals surface area contributed by atoms with Gasteiger partial charge in [-0.15, -0.1) is 0 Å². The van der Waals surface area contributed by atoms with Crippen LogP contribution >= 0.6 is 0 Å². The quantitative estimate of drug-likeness (QED) is 0.593. The average molecular weight is 308 g/mol. The monoisotopic (exact) mass is 308 g/mol. The van der Waals surface area contributed by atoms with Crippen LogP contribution in [-0.4, -0.2) is 11.1 Å². The van der Waals surface area contributed by atoms with Crippen molar-refractivity contribution in [3.05, 3.63) is 23.3 Å². The highest BCUT2D eigenvalue weighted by Crippen LogP contribution is 2.41. The van der Waals surface area contributed by atoms with E-state index in [0.29, 0.717) is 17.9 Å². The number of esters is 1. The third-order valence-electron chi connectivity index (χ3n) is 3.22. The molecule has 0 spiro atoms. The van der Waals surface area contributed by atoms with E-state index >= 15 is 0 Å². The zero-order chi connectivity index (χ0) is 17.7. The maximum atomic E-state index is 11.5. The van der Waals surface area contributed by atoms with E-state index < -0.39 is 0 Å². The first-order valence-electron chi connectivity index (χ1n) is 8.05. The van der Waals surface area contributed by atoms with E-state index in [-0.39, 0.29) is 16.8 Å². The first-order valence-corrected chi connectivity index (χ1v) is 8.05. The summed E-state index contributed by atoms with van der Waals surface area (Å²) in [7, 11) is 0. The minimum absolute atomic E-state index is 0.223. The number of phenols is 1. The van der Waals surface area contributed by atoms with E-state index in [1.54, 1.807) is 19.1 Å². The second-order valence-corrected chi connectivity index (χ2v) is 7.19. The number of carbonyl (C=O) groups excluding carboxylic acids is 1. The summed E-state index contributed by atoms with van der Waals surface area (Å²) < 4.78 is 5.34. The summed E-state index contributed by atoms with van der Waals surface area (Å²) in [6.07, 6.45) is 0.330. The van der Waals surface area contributed by atoms with Crippen LogP contribution < -0.4 is 4.74 Å². The summed E-state index contributed by atoms with van der Waals surface area (Å²) in [6.45, 7) is 17.9. The number of hydrogen-bond donors (Lipinski definition) is 1. The summed E-state index contributed by atoms with van der Waals surface area (Å²) in [5.74, 6) is 0.529. The smallest absolute Gasteiger partial charge is 0.310 e. The van der Waals surface area contributed by atoms with Crippen molar-refractivity contribution in [2.75, 3.05) is 0 Å². The lowest BCUT2D eigenvalue weighted by Crippen LogP contribution is -2.18. The molecular weight excluding hydrogens is 276 g/mol. The molecule has 0 radical (unpaired) electrons. The molecular formula is C19H32O3. The van der Waals surface area contributed by atoms with Crippen molar-refractivity contribution < 1.29 is 14.6 Å². The standard InChI is InChI=1S/C17H26O3.C2H6/c1-8-14(18)20-11-9-12(16(2,3)4)15(19)13(10-11)17(5,6)7;1-2/h9-10,19H,8H2,1-7H3;1-2H3. The molecule has 0 fully saturated rings. The summed E-state index contributed by atoms with van der Waals surface area (Å²) in [4.78, 5) is 11.5. The Balaban J connectivity index is 0.00000211. The molecule has 0 aromatic heterocycles. The van der Waals surface area contributed by atoms with Gasteiger partial charge in [0.1, 0.15) is 11.5 Å². The van der Waals surface area contributed by atoms with Crippen molar-refractivity contribution in [1.29, 1.82) is 0 Å². The molecule has 1 N–H and O–H groups in total. The van der Waals surface area contributed by atoms with Crippen molar-refractivity contribution in [1.82, 2.24) is 0 Å². The molecule has 22 heavy (non-hydrogen) atoms. The van der Waals surface area contributed by atoms with Gasteiger partial charge in [-0.05, 0) is 23.0 Å². The Bertz CT molecular complexity index is 467. The molecule has 1 rings (SSSR count). The number of ether oxygens (including phenoxy) is 1. The van der Waals surface area contributed by atoms with Gasteiger partial charge in [0.2, 0.25) is 0 Å². The second-order valence-electron chi connectivity index (χ2n) is 7.19. The van der Waals surface area contributed by atoms with Gasteiger partial charge in [0.15, 0.2) is 0 Å². The lowest BCUT2D eigenvalue weighted by molar-refractivity contribution is -0.134. The number of benzene rings is 1. The molecule has 0 bridgehead atoms. The van der Waals surface area contributed by atoms with Crippen molar-refractivity contribution in [2.24, 2.45) is 0 Å². The molecule has 0 aliphatic rings. The van der Waals surface area contributed by atoms with Gasteiger partial charge in [0.25, 0.3) is 0 Å². The largest absolute Gasteiger partial charge is 0.507 e. The Morgan fingerprint density at radius 1 is 1.00 bits per heavy atom. The van der Waals surface area contributed by atoms with Crippen LogP contribution in [0.25, 0.3) is 0 Å². The molecule has 0 aliphatic heterocycles. The highest BCUT2D eigenvalue weighted by Gasteiger charge is 2.27. The van der Waals surface area contributed by atoms with Crippen molar-refractivity contribution in [3.63, 3.8) is 0 Å². The molecule has 126 valence electrons. The zero-order valence-electron chi connectivity index (χ0n) is 15.6. The van der Waals surface area contributed by atoms with Gasteiger partial charge in [0.05, 0.1) is 0 Å². The zero-order valence-corrected chi connectivity index (χ0v) is 15.6. The highest BCUT2D eigenvalue weighted by atomic mass is 16.5. The molecule has 0 amide bonds. The fourth-order valence-electron chi connectivity index (χ4n) is 2.01. The van der Waals surface area contributed by atoms with E-state index in [1.165, 1.54) is 0 Å². The number of rotatable bonds is 2. The second kappa shape index (κ2) is 7.66. The normalized spacial score (nSPS) is 11.5. The molecule has 0 atom stereocenters. The van der Waals surface area contributed by atoms with Gasteiger partial charge in [-0.3, -0.25) is 4.79 Å². The SMILES string of the molecule is CC.CCC(=O)Oc1cc(C(C)(C)C)c(O)c(C(C)(C)C)c1. The average Bonchev–Trinajstić information content (AvgIpc) is 2.40. The van der Waals surface area contributed by atoms with Crippen LogP contribution in [0.5, 0.6) is 11.5 Å². The van der Waals surface area contributed by atoms with Gasteiger partial charge in [0, 0.05) is 17.5 Å². The van der Waals surface area contributed by atoms with E-state index in [0.717, 1.165) is 11.1 Å². The molecule has 0 saturated carbocycles. The molecule has 1 aromatic carbocycles. The maximum Gasteiger partial charge on any atom is 0.310 e. The summed E-state index contributed by atoms with van der Waals surface area (Å²) >= 11 is 0. The fraction of sp³-hybridized carbons (Fsp3) is 0.632. The van der Waals surface area contributed by atoms with E-state index in [1.807, 2.05) is 55.4 Å². The lowest BCUT2D eigenvalue weighted by Gasteiger charge is -2.27. The van der Waals surface area contributed by atoms with Gasteiger partial charge in [-0.25, -0.2) is 0 Å². The van der Waals surface area contributed by atoms with Crippen LogP contribution in [-0.2, 0) is 15.6 Å². The molecule has 0 unspecified atom stereocenters. The maximum absolute atomic E-state index is 11.5. The predicted octanol–water partition coefficient (Wildman–Crippen LogP) is 5.33. The fourth-order valence-corrected chi connectivity index (χ4v) is 2.01. The van der Waals surface area contributed by atoms with Crippen LogP contribution in [0.3, 0.4) is 0 Å². The molecule has 3 heteroatoms. The number of aromatic hydroxyl groups is 1. The Hall–Kier alpha value is -1.51. The van der Waals surface area contributed by atoms with E-state index in [2.05, 4.69) is 0 Å². The van der Waals surface area contributed by atoms with Crippen molar-refractivity contribution in [3.8, 4) is 11.5 Å². The molecule has 0 heterocycles. The lowest BCUT2D eigenvalue weighted by atomic mass is 9.79. The molecule has 0 aliphatic carbocycles. The van der Waals surface area contributed by atoms with Crippen LogP contribution in [0.4, 0.5) is 0 Å². The van der Waals surface area contributed by atoms with E-state index in [9.17, 15) is 9.90 Å². The summed E-state index contributed by atoms with van der Waals surface area (Å²) in [6, 6.07) is 3.52. The topological polar surface area (TPSA) is 46.5 Å². The summed E-state index contributed by atoms with van der Waals surface area (Å²) in [5.41, 5.74) is 1.14. The molecule has 3 nitrogen and oxygen atoms in total. The molecule has 1 aromatic rings. The highest BCUT2D eigenvalue weighted by molar-refractivity contribution is 5.72. The van der Waals surface area contributed by atoms with Crippen LogP contribution in [0.15, 0.2) is 12.1 Å². The Labute approximate surface area is 135 Å². The van der Waals surface area contributed by atoms with Crippen LogP contribution in [0.1, 0.15) is 79.9 Å². The Morgan fingerprint density at radius 3 is 1.64 bits per heavy atom. The van der Waals surface area contributed by atoms with Crippen molar-refractivity contribution >= 4 is 5.97 Å². The number of carbonyl (C=O) groups is 1. The van der Waals surface area contributed by atoms with Gasteiger partial charge >= 0.3 is 5.97 Å². The number of hydrogen-bond acceptors (Lipinski definition) is 3. The Kier molecular flexibility index (Phi) is 7.14.